The minimum absolute atomic E-state index is 0.135. The summed E-state index contributed by atoms with van der Waals surface area (Å²) in [6.07, 6.45) is 1.95. The van der Waals surface area contributed by atoms with Crippen LogP contribution >= 0.6 is 34.5 Å². The zero-order chi connectivity index (χ0) is 21.7. The minimum Gasteiger partial charge on any atom is -0.494 e. The molecule has 0 saturated heterocycles. The van der Waals surface area contributed by atoms with Gasteiger partial charge in [-0.3, -0.25) is 9.59 Å². The van der Waals surface area contributed by atoms with E-state index in [1.807, 2.05) is 0 Å². The maximum absolute atomic E-state index is 12.8. The third-order valence-corrected chi connectivity index (χ3v) is 5.79. The van der Waals surface area contributed by atoms with E-state index in [1.165, 1.54) is 18.4 Å². The standard InChI is InChI=1S/C21H20Cl2N2O4S/c1-3-4-8-29-15-7-5-6-13(9-15)20(27)24-21-25(12-18(26)28-2)19-16(23)10-14(22)11-17(19)30-21/h5-7,9-11H,3-4,8,12H2,1-2H3. The van der Waals surface area contributed by atoms with E-state index in [9.17, 15) is 9.59 Å². The number of hydrogen-bond acceptors (Lipinski definition) is 5. The number of aromatic nitrogens is 1. The zero-order valence-corrected chi connectivity index (χ0v) is 18.8. The number of hydrogen-bond donors (Lipinski definition) is 0. The molecule has 0 aliphatic carbocycles. The van der Waals surface area contributed by atoms with Crippen LogP contribution in [0.5, 0.6) is 5.75 Å². The van der Waals surface area contributed by atoms with E-state index in [0.717, 1.165) is 12.8 Å². The van der Waals surface area contributed by atoms with E-state index < -0.39 is 11.9 Å². The number of unbranched alkanes of at least 4 members (excludes halogenated alkanes) is 1. The normalized spacial score (nSPS) is 11.7. The van der Waals surface area contributed by atoms with Crippen LogP contribution in [0, 0.1) is 0 Å². The van der Waals surface area contributed by atoms with Crippen LogP contribution in [-0.2, 0) is 16.1 Å². The van der Waals surface area contributed by atoms with Gasteiger partial charge >= 0.3 is 5.97 Å². The number of fused-ring (bicyclic) bond motifs is 1. The average molecular weight is 467 g/mol. The lowest BCUT2D eigenvalue weighted by atomic mass is 10.2. The molecule has 3 aromatic rings. The first-order valence-corrected chi connectivity index (χ1v) is 10.9. The Morgan fingerprint density at radius 2 is 2.00 bits per heavy atom. The van der Waals surface area contributed by atoms with Crippen molar-refractivity contribution in [1.82, 2.24) is 4.57 Å². The van der Waals surface area contributed by atoms with Crippen LogP contribution in [0.4, 0.5) is 0 Å². The highest BCUT2D eigenvalue weighted by Gasteiger charge is 2.16. The molecule has 0 fully saturated rings. The molecule has 0 spiro atoms. The second-order valence-corrected chi connectivity index (χ2v) is 8.28. The summed E-state index contributed by atoms with van der Waals surface area (Å²) in [6, 6.07) is 10.2. The molecule has 0 aliphatic rings. The summed E-state index contributed by atoms with van der Waals surface area (Å²) >= 11 is 13.7. The summed E-state index contributed by atoms with van der Waals surface area (Å²) in [5.41, 5.74) is 0.954. The quantitative estimate of drug-likeness (QED) is 0.358. The number of esters is 1. The van der Waals surface area contributed by atoms with E-state index >= 15 is 0 Å². The Kier molecular flexibility index (Phi) is 7.53. The zero-order valence-electron chi connectivity index (χ0n) is 16.5. The molecule has 0 N–H and O–H groups in total. The highest BCUT2D eigenvalue weighted by atomic mass is 35.5. The van der Waals surface area contributed by atoms with Gasteiger partial charge in [0.1, 0.15) is 12.3 Å². The van der Waals surface area contributed by atoms with E-state index in [1.54, 1.807) is 41.0 Å². The molecular weight excluding hydrogens is 447 g/mol. The Balaban J connectivity index is 2.03. The molecule has 0 saturated carbocycles. The number of thiazole rings is 1. The van der Waals surface area contributed by atoms with Gasteiger partial charge in [-0.1, -0.05) is 53.9 Å². The molecule has 6 nitrogen and oxygen atoms in total. The summed E-state index contributed by atoms with van der Waals surface area (Å²) in [7, 11) is 1.29. The number of carbonyl (C=O) groups excluding carboxylic acids is 2. The molecule has 1 aromatic heterocycles. The highest BCUT2D eigenvalue weighted by Crippen LogP contribution is 2.29. The van der Waals surface area contributed by atoms with E-state index in [-0.39, 0.29) is 6.54 Å². The Morgan fingerprint density at radius 3 is 2.73 bits per heavy atom. The number of ether oxygens (including phenoxy) is 2. The van der Waals surface area contributed by atoms with Crippen molar-refractivity contribution in [1.29, 1.82) is 0 Å². The Hall–Kier alpha value is -2.35. The van der Waals surface area contributed by atoms with Crippen LogP contribution in [0.3, 0.4) is 0 Å². The van der Waals surface area contributed by atoms with Gasteiger partial charge in [-0.25, -0.2) is 0 Å². The molecule has 0 bridgehead atoms. The van der Waals surface area contributed by atoms with E-state index in [2.05, 4.69) is 11.9 Å². The number of benzene rings is 2. The highest BCUT2D eigenvalue weighted by molar-refractivity contribution is 7.16. The Bertz CT molecular complexity index is 1150. The van der Waals surface area contributed by atoms with Gasteiger partial charge in [-0.05, 0) is 36.8 Å². The maximum atomic E-state index is 12.8. The first-order valence-electron chi connectivity index (χ1n) is 9.30. The molecule has 0 unspecified atom stereocenters. The second-order valence-electron chi connectivity index (χ2n) is 6.43. The van der Waals surface area contributed by atoms with Crippen LogP contribution in [0.15, 0.2) is 41.4 Å². The van der Waals surface area contributed by atoms with Gasteiger partial charge < -0.3 is 14.0 Å². The summed E-state index contributed by atoms with van der Waals surface area (Å²) in [6.45, 7) is 2.53. The van der Waals surface area contributed by atoms with Crippen molar-refractivity contribution in [3.63, 3.8) is 0 Å². The van der Waals surface area contributed by atoms with Gasteiger partial charge in [0, 0.05) is 10.6 Å². The fourth-order valence-electron chi connectivity index (χ4n) is 2.76. The number of halogens is 2. The number of amides is 1. The first kappa shape index (κ1) is 22.3. The summed E-state index contributed by atoms with van der Waals surface area (Å²) < 4.78 is 12.7. The fraction of sp³-hybridized carbons (Fsp3) is 0.286. The van der Waals surface area contributed by atoms with Crippen LogP contribution in [0.2, 0.25) is 10.0 Å². The molecule has 1 heterocycles. The molecule has 30 heavy (non-hydrogen) atoms. The Morgan fingerprint density at radius 1 is 1.20 bits per heavy atom. The van der Waals surface area contributed by atoms with E-state index in [0.29, 0.717) is 43.0 Å². The molecule has 158 valence electrons. The molecule has 9 heteroatoms. The van der Waals surface area contributed by atoms with Gasteiger partial charge in [-0.15, -0.1) is 0 Å². The lowest BCUT2D eigenvalue weighted by Gasteiger charge is -2.06. The summed E-state index contributed by atoms with van der Waals surface area (Å²) in [4.78, 5) is 29.3. The number of carbonyl (C=O) groups is 2. The van der Waals surface area contributed by atoms with Crippen LogP contribution in [0.1, 0.15) is 30.1 Å². The number of rotatable bonds is 7. The van der Waals surface area contributed by atoms with E-state index in [4.69, 9.17) is 32.7 Å². The van der Waals surface area contributed by atoms with Crippen molar-refractivity contribution in [2.24, 2.45) is 4.99 Å². The van der Waals surface area contributed by atoms with Gasteiger partial charge in [0.05, 0.1) is 29.0 Å². The summed E-state index contributed by atoms with van der Waals surface area (Å²) in [5, 5.41) is 0.812. The molecule has 2 aromatic carbocycles. The van der Waals surface area contributed by atoms with Crippen molar-refractivity contribution in [3.05, 3.63) is 56.8 Å². The van der Waals surface area contributed by atoms with Gasteiger partial charge in [0.25, 0.3) is 5.91 Å². The monoisotopic (exact) mass is 466 g/mol. The van der Waals surface area contributed by atoms with Crippen molar-refractivity contribution in [2.45, 2.75) is 26.3 Å². The maximum Gasteiger partial charge on any atom is 0.325 e. The second kappa shape index (κ2) is 10.1. The van der Waals surface area contributed by atoms with Crippen molar-refractivity contribution in [3.8, 4) is 5.75 Å². The molecule has 0 radical (unpaired) electrons. The lowest BCUT2D eigenvalue weighted by molar-refractivity contribution is -0.141. The molecule has 0 aliphatic heterocycles. The predicted molar refractivity (Wildman–Crippen MR) is 119 cm³/mol. The third kappa shape index (κ3) is 5.22. The van der Waals surface area contributed by atoms with Gasteiger partial charge in [0.15, 0.2) is 4.80 Å². The largest absolute Gasteiger partial charge is 0.494 e. The van der Waals surface area contributed by atoms with Crippen LogP contribution < -0.4 is 9.54 Å². The average Bonchev–Trinajstić information content (AvgIpc) is 3.05. The lowest BCUT2D eigenvalue weighted by Crippen LogP contribution is -2.22. The van der Waals surface area contributed by atoms with Crippen LogP contribution in [0.25, 0.3) is 10.2 Å². The minimum atomic E-state index is -0.485. The molecule has 0 atom stereocenters. The van der Waals surface area contributed by atoms with Gasteiger partial charge in [0.2, 0.25) is 0 Å². The van der Waals surface area contributed by atoms with Crippen molar-refractivity contribution in [2.75, 3.05) is 13.7 Å². The third-order valence-electron chi connectivity index (χ3n) is 4.25. The Labute approximate surface area is 187 Å². The molecule has 3 rings (SSSR count). The van der Waals surface area contributed by atoms with Crippen LogP contribution in [-0.4, -0.2) is 30.2 Å². The topological polar surface area (TPSA) is 69.9 Å². The SMILES string of the molecule is CCCCOc1cccc(C(=O)N=c2sc3cc(Cl)cc(Cl)c3n2CC(=O)OC)c1. The van der Waals surface area contributed by atoms with Gasteiger partial charge in [-0.2, -0.15) is 4.99 Å². The number of methoxy groups -OCH3 is 1. The molecular formula is C21H20Cl2N2O4S. The smallest absolute Gasteiger partial charge is 0.325 e. The van der Waals surface area contributed by atoms with Crippen molar-refractivity contribution < 1.29 is 19.1 Å². The predicted octanol–water partition coefficient (Wildman–Crippen LogP) is 5.10. The fourth-order valence-corrected chi connectivity index (χ4v) is 4.57. The summed E-state index contributed by atoms with van der Waals surface area (Å²) in [5.74, 6) is -0.331. The number of nitrogens with zero attached hydrogens (tertiary/aromatic N) is 2. The molecule has 1 amide bonds. The van der Waals surface area contributed by atoms with Crippen molar-refractivity contribution >= 4 is 56.6 Å². The first-order chi connectivity index (χ1) is 14.4.